The summed E-state index contributed by atoms with van der Waals surface area (Å²) in [5.41, 5.74) is 2.74. The number of rotatable bonds is 4. The second kappa shape index (κ2) is 11.7. The maximum Gasteiger partial charge on any atom is 0.280 e. The van der Waals surface area contributed by atoms with Crippen molar-refractivity contribution >= 4 is 38.7 Å². The SMILES string of the molecule is CN1C[C@@H](C(=O)N[C@]2(C)O[C@]3(O)[C@H]4CCCN4C(=O)[C@H](Cc4ccccc4)N3C2=O)C[C@H]2c3cccc4[nH]cc(c34)C[C@@H]21.CS(=O)(=O)O. The number of hydrogen-bond acceptors (Lipinski definition) is 8. The van der Waals surface area contributed by atoms with Gasteiger partial charge in [-0.15, -0.1) is 0 Å². The van der Waals surface area contributed by atoms with E-state index < -0.39 is 39.7 Å². The van der Waals surface area contributed by atoms with Gasteiger partial charge >= 0.3 is 0 Å². The molecular formula is C34H41N5O8S. The zero-order chi connectivity index (χ0) is 34.2. The van der Waals surface area contributed by atoms with E-state index in [9.17, 15) is 27.9 Å². The Hall–Kier alpha value is -3.82. The first-order valence-electron chi connectivity index (χ1n) is 16.3. The van der Waals surface area contributed by atoms with Crippen LogP contribution in [0.5, 0.6) is 0 Å². The molecule has 2 aromatic carbocycles. The number of nitrogens with zero attached hydrogens (tertiary/aromatic N) is 3. The highest BCUT2D eigenvalue weighted by molar-refractivity contribution is 7.85. The quantitative estimate of drug-likeness (QED) is 0.299. The third-order valence-electron chi connectivity index (χ3n) is 10.6. The van der Waals surface area contributed by atoms with Crippen molar-refractivity contribution < 1.29 is 37.2 Å². The Balaban J connectivity index is 0.000000681. The Morgan fingerprint density at radius 3 is 2.60 bits per heavy atom. The van der Waals surface area contributed by atoms with E-state index in [0.717, 1.165) is 17.5 Å². The summed E-state index contributed by atoms with van der Waals surface area (Å²) in [5, 5.41) is 16.2. The molecule has 3 amide bonds. The molecule has 256 valence electrons. The second-order valence-corrected chi connectivity index (χ2v) is 15.4. The van der Waals surface area contributed by atoms with Gasteiger partial charge in [-0.3, -0.25) is 28.6 Å². The maximum absolute atomic E-state index is 14.2. The molecule has 5 heterocycles. The van der Waals surface area contributed by atoms with Crippen LogP contribution in [0.1, 0.15) is 48.8 Å². The predicted molar refractivity (Wildman–Crippen MR) is 175 cm³/mol. The lowest BCUT2D eigenvalue weighted by Crippen LogP contribution is -2.71. The van der Waals surface area contributed by atoms with Gasteiger partial charge in [0.25, 0.3) is 21.9 Å². The summed E-state index contributed by atoms with van der Waals surface area (Å²) in [6.07, 6.45) is 5.84. The van der Waals surface area contributed by atoms with Crippen molar-refractivity contribution in [2.75, 3.05) is 26.4 Å². The lowest BCUT2D eigenvalue weighted by Gasteiger charge is -2.48. The molecule has 7 atom stereocenters. The van der Waals surface area contributed by atoms with E-state index in [1.807, 2.05) is 30.3 Å². The molecule has 4 aliphatic heterocycles. The number of hydrogen-bond donors (Lipinski definition) is 4. The standard InChI is InChI=1S/C33H37N5O5.CH4O3S/c1-32(35-29(39)21-15-23-22-10-6-11-24-28(22)20(17-34-24)16-25(23)36(2)18-21)31(41)38-26(14-19-8-4-3-5-9-19)30(40)37-13-7-12-27(37)33(38,42)43-32;1-5(2,3)4/h3-6,8-11,17,21,23,25-27,34,42H,7,12-16,18H2,1-2H3,(H,35,39);1H3,(H,2,3,4)/t21-,23-,25-,26-,27+,32+,33+;/m0./s1. The third kappa shape index (κ3) is 5.49. The van der Waals surface area contributed by atoms with Crippen LogP contribution in [0.4, 0.5) is 0 Å². The summed E-state index contributed by atoms with van der Waals surface area (Å²) in [4.78, 5) is 50.4. The highest BCUT2D eigenvalue weighted by Gasteiger charge is 2.70. The van der Waals surface area contributed by atoms with Crippen LogP contribution in [0, 0.1) is 5.92 Å². The molecule has 0 bridgehead atoms. The van der Waals surface area contributed by atoms with Crippen LogP contribution in [0.25, 0.3) is 10.9 Å². The molecule has 4 saturated heterocycles. The number of aliphatic hydroxyl groups is 1. The Bertz CT molecular complexity index is 1880. The number of carbonyl (C=O) groups excluding carboxylic acids is 3. The van der Waals surface area contributed by atoms with Gasteiger partial charge in [-0.2, -0.15) is 8.42 Å². The van der Waals surface area contributed by atoms with Crippen molar-refractivity contribution in [2.24, 2.45) is 5.92 Å². The number of H-pyrrole nitrogens is 1. The molecule has 13 nitrogen and oxygen atoms in total. The van der Waals surface area contributed by atoms with Crippen LogP contribution in [0.15, 0.2) is 54.7 Å². The number of likely N-dealkylation sites (N-methyl/N-ethyl adjacent to an activating group) is 1. The molecule has 48 heavy (non-hydrogen) atoms. The summed E-state index contributed by atoms with van der Waals surface area (Å²) in [5.74, 6) is -3.31. The van der Waals surface area contributed by atoms with Crippen molar-refractivity contribution in [2.45, 2.75) is 74.7 Å². The minimum Gasteiger partial charge on any atom is -0.361 e. The van der Waals surface area contributed by atoms with Crippen LogP contribution in [-0.4, -0.2) is 112 Å². The number of nitrogens with one attached hydrogen (secondary N) is 2. The topological polar surface area (TPSA) is 173 Å². The van der Waals surface area contributed by atoms with Gasteiger partial charge in [-0.1, -0.05) is 42.5 Å². The third-order valence-corrected chi connectivity index (χ3v) is 10.6. The number of amides is 3. The van der Waals surface area contributed by atoms with E-state index in [1.54, 1.807) is 4.90 Å². The smallest absolute Gasteiger partial charge is 0.280 e. The lowest BCUT2D eigenvalue weighted by molar-refractivity contribution is -0.315. The Labute approximate surface area is 279 Å². The minimum absolute atomic E-state index is 0.171. The Morgan fingerprint density at radius 2 is 1.88 bits per heavy atom. The summed E-state index contributed by atoms with van der Waals surface area (Å²) in [6, 6.07) is 14.4. The predicted octanol–water partition coefficient (Wildman–Crippen LogP) is 1.59. The molecule has 8 rings (SSSR count). The molecule has 14 heteroatoms. The van der Waals surface area contributed by atoms with Gasteiger partial charge in [0, 0.05) is 48.6 Å². The number of carbonyl (C=O) groups is 3. The first-order chi connectivity index (χ1) is 22.7. The zero-order valence-corrected chi connectivity index (χ0v) is 27.9. The van der Waals surface area contributed by atoms with E-state index in [0.29, 0.717) is 38.6 Å². The fourth-order valence-electron chi connectivity index (χ4n) is 8.65. The van der Waals surface area contributed by atoms with Gasteiger partial charge < -0.3 is 25.2 Å². The van der Waals surface area contributed by atoms with Gasteiger partial charge in [-0.05, 0) is 62.4 Å². The number of benzene rings is 2. The number of fused-ring (bicyclic) bond motifs is 5. The fraction of sp³-hybridized carbons (Fsp3) is 0.500. The maximum atomic E-state index is 14.2. The van der Waals surface area contributed by atoms with Gasteiger partial charge in [0.2, 0.25) is 17.5 Å². The number of piperidine rings is 1. The molecule has 0 saturated carbocycles. The molecule has 4 fully saturated rings. The molecule has 4 N–H and O–H groups in total. The van der Waals surface area contributed by atoms with E-state index in [2.05, 4.69) is 46.6 Å². The first-order valence-corrected chi connectivity index (χ1v) is 18.2. The zero-order valence-electron chi connectivity index (χ0n) is 27.1. The average Bonchev–Trinajstić information content (AvgIpc) is 3.73. The van der Waals surface area contributed by atoms with E-state index in [-0.39, 0.29) is 36.1 Å². The average molecular weight is 680 g/mol. The fourth-order valence-corrected chi connectivity index (χ4v) is 8.65. The highest BCUT2D eigenvalue weighted by Crippen LogP contribution is 2.47. The molecule has 5 aliphatic rings. The summed E-state index contributed by atoms with van der Waals surface area (Å²) >= 11 is 0. The minimum atomic E-state index is -3.67. The number of ether oxygens (including phenoxy) is 1. The van der Waals surface area contributed by atoms with Gasteiger partial charge in [-0.25, -0.2) is 0 Å². The largest absolute Gasteiger partial charge is 0.361 e. The molecule has 3 aromatic rings. The van der Waals surface area contributed by atoms with Crippen LogP contribution in [0.3, 0.4) is 0 Å². The monoisotopic (exact) mass is 679 g/mol. The molecule has 1 aliphatic carbocycles. The summed E-state index contributed by atoms with van der Waals surface area (Å²) < 4.78 is 32.1. The number of likely N-dealkylation sites (tertiary alicyclic amines) is 1. The van der Waals surface area contributed by atoms with Crippen LogP contribution < -0.4 is 5.32 Å². The van der Waals surface area contributed by atoms with Crippen molar-refractivity contribution in [3.05, 3.63) is 71.4 Å². The Kier molecular flexibility index (Phi) is 7.94. The molecule has 0 unspecified atom stereocenters. The van der Waals surface area contributed by atoms with E-state index in [1.165, 1.54) is 28.3 Å². The van der Waals surface area contributed by atoms with E-state index >= 15 is 0 Å². The van der Waals surface area contributed by atoms with Crippen molar-refractivity contribution in [1.29, 1.82) is 0 Å². The number of aromatic nitrogens is 1. The lowest BCUT2D eigenvalue weighted by atomic mass is 9.72. The van der Waals surface area contributed by atoms with Crippen LogP contribution >= 0.6 is 0 Å². The van der Waals surface area contributed by atoms with Gasteiger partial charge in [0.05, 0.1) is 12.2 Å². The number of piperazine rings is 1. The van der Waals surface area contributed by atoms with Crippen molar-refractivity contribution in [3.8, 4) is 0 Å². The normalized spacial score (nSPS) is 32.7. The highest BCUT2D eigenvalue weighted by atomic mass is 32.2. The second-order valence-electron chi connectivity index (χ2n) is 13.9. The van der Waals surface area contributed by atoms with Crippen molar-refractivity contribution in [3.63, 3.8) is 0 Å². The van der Waals surface area contributed by atoms with E-state index in [4.69, 9.17) is 9.29 Å². The Morgan fingerprint density at radius 1 is 1.15 bits per heavy atom. The van der Waals surface area contributed by atoms with Crippen LogP contribution in [-0.2, 0) is 42.1 Å². The van der Waals surface area contributed by atoms with Gasteiger partial charge in [0.15, 0.2) is 0 Å². The number of aromatic amines is 1. The molecule has 1 aromatic heterocycles. The summed E-state index contributed by atoms with van der Waals surface area (Å²) in [7, 11) is -1.61. The first kappa shape index (κ1) is 32.7. The molecule has 0 spiro atoms. The van der Waals surface area contributed by atoms with Crippen molar-refractivity contribution in [1.82, 2.24) is 25.0 Å². The van der Waals surface area contributed by atoms with Crippen LogP contribution in [0.2, 0.25) is 0 Å². The molecule has 0 radical (unpaired) electrons. The molecular weight excluding hydrogens is 638 g/mol. The summed E-state index contributed by atoms with van der Waals surface area (Å²) in [6.45, 7) is 2.56. The van der Waals surface area contributed by atoms with Gasteiger partial charge in [0.1, 0.15) is 12.1 Å².